The molecule has 8 heteroatoms. The van der Waals surface area contributed by atoms with Gasteiger partial charge in [-0.3, -0.25) is 14.5 Å². The van der Waals surface area contributed by atoms with Gasteiger partial charge in [0.2, 0.25) is 12.7 Å². The van der Waals surface area contributed by atoms with E-state index in [-0.39, 0.29) is 25.7 Å². The molecule has 0 spiro atoms. The molecule has 0 aromatic heterocycles. The van der Waals surface area contributed by atoms with Crippen molar-refractivity contribution in [3.63, 3.8) is 0 Å². The van der Waals surface area contributed by atoms with Crippen LogP contribution < -0.4 is 20.1 Å². The Labute approximate surface area is 174 Å². The Kier molecular flexibility index (Phi) is 5.31. The molecular weight excluding hydrogens is 386 g/mol. The van der Waals surface area contributed by atoms with Gasteiger partial charge in [-0.15, -0.1) is 0 Å². The first-order valence-electron chi connectivity index (χ1n) is 9.78. The first kappa shape index (κ1) is 19.8. The van der Waals surface area contributed by atoms with Gasteiger partial charge >= 0.3 is 6.03 Å². The lowest BCUT2D eigenvalue weighted by molar-refractivity contribution is -0.134. The summed E-state index contributed by atoms with van der Waals surface area (Å²) in [5, 5.41) is 5.48. The van der Waals surface area contributed by atoms with Gasteiger partial charge in [0, 0.05) is 13.0 Å². The molecule has 1 atom stereocenters. The first-order valence-corrected chi connectivity index (χ1v) is 9.78. The third-order valence-electron chi connectivity index (χ3n) is 5.22. The van der Waals surface area contributed by atoms with E-state index < -0.39 is 17.5 Å². The molecule has 2 aromatic carbocycles. The molecule has 4 rings (SSSR count). The highest BCUT2D eigenvalue weighted by atomic mass is 16.7. The van der Waals surface area contributed by atoms with E-state index in [2.05, 4.69) is 10.6 Å². The molecule has 2 N–H and O–H groups in total. The number of fused-ring (bicyclic) bond motifs is 1. The maximum atomic E-state index is 12.9. The van der Waals surface area contributed by atoms with E-state index in [0.717, 1.165) is 16.0 Å². The van der Waals surface area contributed by atoms with E-state index in [9.17, 15) is 14.4 Å². The summed E-state index contributed by atoms with van der Waals surface area (Å²) < 4.78 is 10.7. The average Bonchev–Trinajstić information content (AvgIpc) is 3.27. The molecule has 2 heterocycles. The molecule has 2 aromatic rings. The summed E-state index contributed by atoms with van der Waals surface area (Å²) in [4.78, 5) is 38.5. The highest BCUT2D eigenvalue weighted by molar-refractivity contribution is 6.08. The molecule has 2 aliphatic rings. The van der Waals surface area contributed by atoms with E-state index in [1.54, 1.807) is 19.1 Å². The number of ether oxygens (including phenoxy) is 2. The second kappa shape index (κ2) is 8.06. The van der Waals surface area contributed by atoms with Crippen LogP contribution in [0.1, 0.15) is 18.1 Å². The number of hydrogen-bond acceptors (Lipinski definition) is 5. The Bertz CT molecular complexity index is 978. The van der Waals surface area contributed by atoms with Gasteiger partial charge in [-0.25, -0.2) is 4.79 Å². The maximum Gasteiger partial charge on any atom is 0.325 e. The average molecular weight is 409 g/mol. The Balaban J connectivity index is 1.34. The number of carbonyl (C=O) groups is 3. The van der Waals surface area contributed by atoms with Crippen molar-refractivity contribution in [1.82, 2.24) is 15.5 Å². The molecule has 2 aliphatic heterocycles. The molecule has 30 heavy (non-hydrogen) atoms. The Morgan fingerprint density at radius 3 is 2.67 bits per heavy atom. The first-order chi connectivity index (χ1) is 14.4. The Hall–Kier alpha value is -3.55. The lowest BCUT2D eigenvalue weighted by Gasteiger charge is -2.22. The number of rotatable bonds is 7. The van der Waals surface area contributed by atoms with E-state index in [0.29, 0.717) is 24.5 Å². The van der Waals surface area contributed by atoms with E-state index in [4.69, 9.17) is 9.47 Å². The fraction of sp³-hybridized carbons (Fsp3) is 0.318. The van der Waals surface area contributed by atoms with Crippen LogP contribution in [0.2, 0.25) is 0 Å². The van der Waals surface area contributed by atoms with Crippen LogP contribution in [0.3, 0.4) is 0 Å². The highest BCUT2D eigenvalue weighted by Crippen LogP contribution is 2.34. The van der Waals surface area contributed by atoms with Gasteiger partial charge in [0.15, 0.2) is 11.5 Å². The monoisotopic (exact) mass is 409 g/mol. The summed E-state index contributed by atoms with van der Waals surface area (Å²) in [7, 11) is 0. The molecule has 0 aliphatic carbocycles. The second-order valence-corrected chi connectivity index (χ2v) is 7.60. The zero-order valence-electron chi connectivity index (χ0n) is 16.6. The van der Waals surface area contributed by atoms with Crippen LogP contribution in [0.4, 0.5) is 4.79 Å². The zero-order chi connectivity index (χ0) is 21.1. The minimum atomic E-state index is -1.13. The van der Waals surface area contributed by atoms with Gasteiger partial charge in [-0.05, 0) is 36.6 Å². The lowest BCUT2D eigenvalue weighted by Crippen LogP contribution is -2.47. The molecule has 1 fully saturated rings. The molecule has 1 saturated heterocycles. The van der Waals surface area contributed by atoms with Crippen molar-refractivity contribution in [1.29, 1.82) is 0 Å². The number of nitrogens with zero attached hydrogens (tertiary/aromatic N) is 1. The zero-order valence-corrected chi connectivity index (χ0v) is 16.6. The van der Waals surface area contributed by atoms with Crippen LogP contribution in [0, 0.1) is 0 Å². The predicted molar refractivity (Wildman–Crippen MR) is 108 cm³/mol. The van der Waals surface area contributed by atoms with Crippen LogP contribution in [-0.2, 0) is 22.4 Å². The number of amides is 4. The van der Waals surface area contributed by atoms with Gasteiger partial charge in [0.25, 0.3) is 5.91 Å². The lowest BCUT2D eigenvalue weighted by atomic mass is 9.92. The van der Waals surface area contributed by atoms with Crippen molar-refractivity contribution < 1.29 is 23.9 Å². The molecule has 4 amide bonds. The number of imide groups is 1. The molecule has 0 bridgehead atoms. The van der Waals surface area contributed by atoms with Gasteiger partial charge in [-0.2, -0.15) is 0 Å². The van der Waals surface area contributed by atoms with E-state index in [1.165, 1.54) is 0 Å². The third kappa shape index (κ3) is 4.07. The third-order valence-corrected chi connectivity index (χ3v) is 5.22. The summed E-state index contributed by atoms with van der Waals surface area (Å²) in [5.74, 6) is 0.465. The molecule has 0 saturated carbocycles. The topological polar surface area (TPSA) is 97.0 Å². The molecular formula is C22H23N3O5. The van der Waals surface area contributed by atoms with Crippen molar-refractivity contribution in [3.05, 3.63) is 59.7 Å². The van der Waals surface area contributed by atoms with E-state index in [1.807, 2.05) is 36.4 Å². The van der Waals surface area contributed by atoms with Gasteiger partial charge < -0.3 is 20.1 Å². The normalized spacial score (nSPS) is 19.7. The number of urea groups is 1. The van der Waals surface area contributed by atoms with Gasteiger partial charge in [0.1, 0.15) is 12.1 Å². The summed E-state index contributed by atoms with van der Waals surface area (Å²) >= 11 is 0. The van der Waals surface area contributed by atoms with Crippen molar-refractivity contribution in [2.24, 2.45) is 0 Å². The largest absolute Gasteiger partial charge is 0.454 e. The standard InChI is InChI=1S/C22H23N3O5/c1-22(12-16-7-8-17-18(11-16)30-14-29-17)20(27)25(21(28)24-22)13-19(26)23-10-9-15-5-3-2-4-6-15/h2-8,11H,9-10,12-14H2,1H3,(H,23,26)(H,24,28)/t22-/m1/s1. The van der Waals surface area contributed by atoms with Crippen molar-refractivity contribution in [2.75, 3.05) is 19.9 Å². The number of carbonyl (C=O) groups excluding carboxylic acids is 3. The smallest absolute Gasteiger partial charge is 0.325 e. The summed E-state index contributed by atoms with van der Waals surface area (Å²) in [5.41, 5.74) is 0.795. The molecule has 8 nitrogen and oxygen atoms in total. The fourth-order valence-corrected chi connectivity index (χ4v) is 3.66. The molecule has 0 radical (unpaired) electrons. The summed E-state index contributed by atoms with van der Waals surface area (Å²) in [6.07, 6.45) is 0.953. The quantitative estimate of drug-likeness (QED) is 0.678. The van der Waals surface area contributed by atoms with E-state index >= 15 is 0 Å². The SMILES string of the molecule is C[C@]1(Cc2ccc3c(c2)OCO3)NC(=O)N(CC(=O)NCCc2ccccc2)C1=O. The van der Waals surface area contributed by atoms with Crippen molar-refractivity contribution in [3.8, 4) is 11.5 Å². The number of hydrogen-bond donors (Lipinski definition) is 2. The molecule has 156 valence electrons. The minimum absolute atomic E-state index is 0.166. The molecule has 0 unspecified atom stereocenters. The van der Waals surface area contributed by atoms with Crippen LogP contribution in [0.25, 0.3) is 0 Å². The van der Waals surface area contributed by atoms with Crippen LogP contribution in [0.15, 0.2) is 48.5 Å². The summed E-state index contributed by atoms with van der Waals surface area (Å²) in [6, 6.07) is 14.6. The maximum absolute atomic E-state index is 12.9. The Morgan fingerprint density at radius 1 is 1.10 bits per heavy atom. The number of benzene rings is 2. The van der Waals surface area contributed by atoms with Gasteiger partial charge in [-0.1, -0.05) is 36.4 Å². The fourth-order valence-electron chi connectivity index (χ4n) is 3.66. The highest BCUT2D eigenvalue weighted by Gasteiger charge is 2.48. The summed E-state index contributed by atoms with van der Waals surface area (Å²) in [6.45, 7) is 1.95. The van der Waals surface area contributed by atoms with Crippen molar-refractivity contribution in [2.45, 2.75) is 25.3 Å². The van der Waals surface area contributed by atoms with Crippen LogP contribution >= 0.6 is 0 Å². The van der Waals surface area contributed by atoms with Crippen molar-refractivity contribution >= 4 is 17.8 Å². The van der Waals surface area contributed by atoms with Crippen LogP contribution in [-0.4, -0.2) is 48.2 Å². The minimum Gasteiger partial charge on any atom is -0.454 e. The number of nitrogens with one attached hydrogen (secondary N) is 2. The van der Waals surface area contributed by atoms with Gasteiger partial charge in [0.05, 0.1) is 0 Å². The van der Waals surface area contributed by atoms with Crippen LogP contribution in [0.5, 0.6) is 11.5 Å². The predicted octanol–water partition coefficient (Wildman–Crippen LogP) is 1.63. The Morgan fingerprint density at radius 2 is 1.87 bits per heavy atom. The second-order valence-electron chi connectivity index (χ2n) is 7.60.